The number of alkyl carbamates (subject to hydrolysis) is 1. The number of aromatic hydroxyl groups is 1. The molecule has 1 heterocycles. The Morgan fingerprint density at radius 3 is 2.20 bits per heavy atom. The second-order valence-electron chi connectivity index (χ2n) is 15.4. The molecule has 0 radical (unpaired) electrons. The number of unbranched alkanes of at least 4 members (excludes halogenated alkanes) is 1. The standard InChI is InChI=1S/C39H62N6O9/c1-8-25(4)33(35(49)42-30(37(51)52)22-24(2)3)44-34(48)29(23-26-14-16-27(46)17-15-26)41-20-18-32(47)31-13-11-21-45(31)36(50)28(12-9-10-19-40)43-38(53)54-39(5,6)7/h14-18,20,24-25,28-31,33,41,46H,8-13,19,21-23,40H2,1-7H3,(H,42,49)(H,43,53)(H,44,48)(H,51,52)/b20-18+/t25-,28-,29-,30-,31-,33-/m0/s1. The average molecular weight is 759 g/mol. The number of ether oxygens (including phenoxy) is 1. The van der Waals surface area contributed by atoms with Gasteiger partial charge in [-0.25, -0.2) is 9.59 Å². The molecule has 1 aromatic rings. The van der Waals surface area contributed by atoms with Gasteiger partial charge in [-0.05, 0) is 101 Å². The Labute approximate surface area is 319 Å². The van der Waals surface area contributed by atoms with Crippen molar-refractivity contribution in [1.82, 2.24) is 26.2 Å². The van der Waals surface area contributed by atoms with E-state index in [2.05, 4.69) is 21.3 Å². The van der Waals surface area contributed by atoms with Gasteiger partial charge in [-0.3, -0.25) is 19.2 Å². The lowest BCUT2D eigenvalue weighted by atomic mass is 9.96. The summed E-state index contributed by atoms with van der Waals surface area (Å²) < 4.78 is 5.38. The fraction of sp³-hybridized carbons (Fsp3) is 0.641. The van der Waals surface area contributed by atoms with Crippen LogP contribution >= 0.6 is 0 Å². The molecule has 54 heavy (non-hydrogen) atoms. The van der Waals surface area contributed by atoms with E-state index in [0.717, 1.165) is 0 Å². The minimum atomic E-state index is -1.17. The molecule has 0 spiro atoms. The first kappa shape index (κ1) is 45.5. The zero-order valence-corrected chi connectivity index (χ0v) is 32.9. The Morgan fingerprint density at radius 2 is 1.63 bits per heavy atom. The maximum Gasteiger partial charge on any atom is 0.408 e. The van der Waals surface area contributed by atoms with Gasteiger partial charge in [0.2, 0.25) is 17.7 Å². The highest BCUT2D eigenvalue weighted by molar-refractivity contribution is 5.98. The molecule has 0 aliphatic carbocycles. The lowest BCUT2D eigenvalue weighted by molar-refractivity contribution is -0.143. The van der Waals surface area contributed by atoms with E-state index in [-0.39, 0.29) is 36.2 Å². The Kier molecular flexibility index (Phi) is 18.4. The van der Waals surface area contributed by atoms with Crippen molar-refractivity contribution < 1.29 is 43.7 Å². The molecule has 302 valence electrons. The highest BCUT2D eigenvalue weighted by Gasteiger charge is 2.37. The van der Waals surface area contributed by atoms with Crippen LogP contribution in [0.4, 0.5) is 4.79 Å². The third-order valence-electron chi connectivity index (χ3n) is 9.15. The van der Waals surface area contributed by atoms with E-state index in [4.69, 9.17) is 10.5 Å². The van der Waals surface area contributed by atoms with Crippen LogP contribution in [0.15, 0.2) is 36.5 Å². The van der Waals surface area contributed by atoms with Crippen molar-refractivity contribution in [3.05, 3.63) is 42.1 Å². The van der Waals surface area contributed by atoms with E-state index in [9.17, 15) is 39.0 Å². The van der Waals surface area contributed by atoms with Crippen LogP contribution in [-0.2, 0) is 35.1 Å². The molecule has 1 aromatic carbocycles. The molecule has 1 fully saturated rings. The fourth-order valence-corrected chi connectivity index (χ4v) is 6.09. The molecule has 0 aromatic heterocycles. The molecular weight excluding hydrogens is 696 g/mol. The normalized spacial score (nSPS) is 17.3. The molecule has 1 aliphatic heterocycles. The molecule has 15 heteroatoms. The van der Waals surface area contributed by atoms with Gasteiger partial charge in [0, 0.05) is 19.2 Å². The van der Waals surface area contributed by atoms with Crippen molar-refractivity contribution >= 4 is 35.6 Å². The maximum absolute atomic E-state index is 13.8. The van der Waals surface area contributed by atoms with E-state index in [1.165, 1.54) is 29.3 Å². The number of hydrogen-bond acceptors (Lipinski definition) is 10. The molecule has 4 amide bonds. The van der Waals surface area contributed by atoms with Crippen LogP contribution in [0.3, 0.4) is 0 Å². The number of phenols is 1. The van der Waals surface area contributed by atoms with E-state index in [0.29, 0.717) is 57.2 Å². The van der Waals surface area contributed by atoms with Crippen molar-refractivity contribution in [2.45, 2.75) is 136 Å². The van der Waals surface area contributed by atoms with Crippen LogP contribution in [0.2, 0.25) is 0 Å². The topological polar surface area (TPSA) is 229 Å². The van der Waals surface area contributed by atoms with Gasteiger partial charge in [0.15, 0.2) is 5.78 Å². The zero-order chi connectivity index (χ0) is 40.6. The van der Waals surface area contributed by atoms with E-state index >= 15 is 0 Å². The molecule has 6 atom stereocenters. The number of benzene rings is 1. The van der Waals surface area contributed by atoms with Gasteiger partial charge in [0.05, 0.1) is 6.04 Å². The van der Waals surface area contributed by atoms with Crippen LogP contribution in [0.25, 0.3) is 0 Å². The monoisotopic (exact) mass is 758 g/mol. The molecule has 1 aliphatic rings. The predicted octanol–water partition coefficient (Wildman–Crippen LogP) is 3.14. The van der Waals surface area contributed by atoms with Crippen molar-refractivity contribution in [1.29, 1.82) is 0 Å². The number of phenolic OH excluding ortho intramolecular Hbond substituents is 1. The summed E-state index contributed by atoms with van der Waals surface area (Å²) in [5.74, 6) is -3.43. The third kappa shape index (κ3) is 15.4. The van der Waals surface area contributed by atoms with E-state index in [1.807, 2.05) is 20.8 Å². The number of carbonyl (C=O) groups excluding carboxylic acids is 5. The quantitative estimate of drug-likeness (QED) is 0.0712. The van der Waals surface area contributed by atoms with Crippen LogP contribution in [0, 0.1) is 11.8 Å². The van der Waals surface area contributed by atoms with Crippen molar-refractivity contribution in [3.8, 4) is 5.75 Å². The van der Waals surface area contributed by atoms with Crippen LogP contribution in [-0.4, -0.2) is 99.6 Å². The molecule has 8 N–H and O–H groups in total. The fourth-order valence-electron chi connectivity index (χ4n) is 6.09. The van der Waals surface area contributed by atoms with Crippen LogP contribution in [0.1, 0.15) is 99.0 Å². The number of ketones is 1. The highest BCUT2D eigenvalue weighted by Crippen LogP contribution is 2.22. The summed E-state index contributed by atoms with van der Waals surface area (Å²) >= 11 is 0. The molecule has 2 rings (SSSR count). The second-order valence-corrected chi connectivity index (χ2v) is 15.4. The number of likely N-dealkylation sites (tertiary alicyclic amines) is 1. The molecule has 0 unspecified atom stereocenters. The Balaban J connectivity index is 2.28. The van der Waals surface area contributed by atoms with Gasteiger partial charge in [0.25, 0.3) is 0 Å². The van der Waals surface area contributed by atoms with Gasteiger partial charge < -0.3 is 46.9 Å². The first-order valence-electron chi connectivity index (χ1n) is 18.9. The molecule has 0 saturated carbocycles. The summed E-state index contributed by atoms with van der Waals surface area (Å²) in [6.07, 6.45) is 5.26. The molecule has 15 nitrogen and oxygen atoms in total. The molecular formula is C39H62N6O9. The number of amides is 4. The summed E-state index contributed by atoms with van der Waals surface area (Å²) in [6.45, 7) is 13.2. The van der Waals surface area contributed by atoms with Crippen LogP contribution in [0.5, 0.6) is 5.75 Å². The van der Waals surface area contributed by atoms with Crippen molar-refractivity contribution in [2.24, 2.45) is 17.6 Å². The van der Waals surface area contributed by atoms with E-state index < -0.39 is 65.6 Å². The lowest BCUT2D eigenvalue weighted by Crippen LogP contribution is -2.57. The van der Waals surface area contributed by atoms with Gasteiger partial charge in [-0.15, -0.1) is 0 Å². The van der Waals surface area contributed by atoms with Gasteiger partial charge in [-0.1, -0.05) is 46.2 Å². The number of carboxylic acid groups (broad SMARTS) is 1. The Morgan fingerprint density at radius 1 is 0.963 bits per heavy atom. The summed E-state index contributed by atoms with van der Waals surface area (Å²) in [6, 6.07) is 1.38. The number of nitrogens with one attached hydrogen (secondary N) is 4. The van der Waals surface area contributed by atoms with Crippen molar-refractivity contribution in [2.75, 3.05) is 13.1 Å². The number of nitrogens with zero attached hydrogens (tertiary/aromatic N) is 1. The number of nitrogens with two attached hydrogens (primary N) is 1. The first-order valence-corrected chi connectivity index (χ1v) is 18.9. The van der Waals surface area contributed by atoms with Crippen molar-refractivity contribution in [3.63, 3.8) is 0 Å². The van der Waals surface area contributed by atoms with E-state index in [1.54, 1.807) is 39.8 Å². The third-order valence-corrected chi connectivity index (χ3v) is 9.15. The van der Waals surface area contributed by atoms with Gasteiger partial charge in [0.1, 0.15) is 35.5 Å². The minimum absolute atomic E-state index is 0.00233. The molecule has 0 bridgehead atoms. The number of carboxylic acids is 1. The minimum Gasteiger partial charge on any atom is -0.508 e. The predicted molar refractivity (Wildman–Crippen MR) is 204 cm³/mol. The first-order chi connectivity index (χ1) is 25.4. The Hall–Kier alpha value is -4.66. The maximum atomic E-state index is 13.8. The van der Waals surface area contributed by atoms with Gasteiger partial charge in [-0.2, -0.15) is 0 Å². The smallest absolute Gasteiger partial charge is 0.408 e. The summed E-state index contributed by atoms with van der Waals surface area (Å²) in [4.78, 5) is 80.5. The number of carbonyl (C=O) groups is 6. The number of rotatable bonds is 21. The number of aliphatic carboxylic acids is 1. The summed E-state index contributed by atoms with van der Waals surface area (Å²) in [7, 11) is 0. The summed E-state index contributed by atoms with van der Waals surface area (Å²) in [5, 5.41) is 30.5. The SMILES string of the molecule is CC[C@H](C)[C@H](NC(=O)[C@H](Cc1ccc(O)cc1)N/C=C/C(=O)[C@@H]1CCCN1C(=O)[C@H](CCCCN)NC(=O)OC(C)(C)C)C(=O)N[C@@H](CC(C)C)C(=O)O. The summed E-state index contributed by atoms with van der Waals surface area (Å²) in [5.41, 5.74) is 5.56. The second kappa shape index (κ2) is 21.9. The largest absolute Gasteiger partial charge is 0.508 e. The van der Waals surface area contributed by atoms with Crippen LogP contribution < -0.4 is 27.0 Å². The molecule has 1 saturated heterocycles. The lowest BCUT2D eigenvalue weighted by Gasteiger charge is -2.29. The highest BCUT2D eigenvalue weighted by atomic mass is 16.6. The number of hydrogen-bond donors (Lipinski definition) is 7. The zero-order valence-electron chi connectivity index (χ0n) is 32.9. The average Bonchev–Trinajstić information content (AvgIpc) is 3.59. The van der Waals surface area contributed by atoms with Gasteiger partial charge >= 0.3 is 12.1 Å². The Bertz CT molecular complexity index is 1440.